The third-order valence-corrected chi connectivity index (χ3v) is 16.7. The average molecular weight is 1170 g/mol. The van der Waals surface area contributed by atoms with Gasteiger partial charge in [-0.15, -0.1) is 0 Å². The number of nitrogens with one attached hydrogen (secondary N) is 6. The first-order valence-electron chi connectivity index (χ1n) is 22.5. The fraction of sp³-hybridized carbons (Fsp3) is 0. The molecule has 12 aromatic rings. The van der Waals surface area contributed by atoms with E-state index in [1.807, 2.05) is 97.1 Å². The molecule has 0 saturated carbocycles. The Morgan fingerprint density at radius 2 is 0.641 bits per heavy atom. The van der Waals surface area contributed by atoms with Crippen LogP contribution in [0.15, 0.2) is 155 Å². The van der Waals surface area contributed by atoms with Gasteiger partial charge < -0.3 is 31.9 Å². The van der Waals surface area contributed by atoms with Gasteiger partial charge in [0.25, 0.3) is 20.2 Å². The van der Waals surface area contributed by atoms with Crippen molar-refractivity contribution in [2.24, 2.45) is 0 Å². The van der Waals surface area contributed by atoms with E-state index in [0.29, 0.717) is 43.8 Å². The molecule has 0 amide bonds. The molecule has 0 fully saturated rings. The fourth-order valence-corrected chi connectivity index (χ4v) is 12.7. The molecular weight excluding hydrogens is 1130 g/mol. The summed E-state index contributed by atoms with van der Waals surface area (Å²) in [6, 6.07) is 42.3. The Balaban J connectivity index is 0.00000344. The molecule has 0 aliphatic heterocycles. The summed E-state index contributed by atoms with van der Waals surface area (Å²) in [5.74, 6) is 1.51. The minimum absolute atomic E-state index is 0. The van der Waals surface area contributed by atoms with Gasteiger partial charge in [0.2, 0.25) is 11.9 Å². The van der Waals surface area contributed by atoms with E-state index in [2.05, 4.69) is 71.8 Å². The van der Waals surface area contributed by atoms with Crippen molar-refractivity contribution >= 4 is 245 Å². The second kappa shape index (κ2) is 23.0. The van der Waals surface area contributed by atoms with Gasteiger partial charge >= 0.3 is 59.1 Å². The molecular formula is C50H36N14Na2O6S6. The summed E-state index contributed by atoms with van der Waals surface area (Å²) in [7, 11) is -9.79. The number of hydrogen-bond donors (Lipinski definition) is 8. The van der Waals surface area contributed by atoms with Gasteiger partial charge in [-0.1, -0.05) is 118 Å². The van der Waals surface area contributed by atoms with Crippen molar-refractivity contribution in [3.8, 4) is 0 Å². The molecule has 0 bridgehead atoms. The van der Waals surface area contributed by atoms with E-state index in [0.717, 1.165) is 40.9 Å². The number of rotatable bonds is 16. The van der Waals surface area contributed by atoms with Gasteiger partial charge in [-0.3, -0.25) is 9.11 Å². The summed E-state index contributed by atoms with van der Waals surface area (Å²) >= 11 is 5.73. The fourth-order valence-electron chi connectivity index (χ4n) is 7.79. The first-order chi connectivity index (χ1) is 36.8. The van der Waals surface area contributed by atoms with Gasteiger partial charge in [0, 0.05) is 23.5 Å². The Kier molecular flexibility index (Phi) is 16.1. The van der Waals surface area contributed by atoms with Crippen LogP contribution in [-0.4, -0.2) is 125 Å². The SMILES string of the molecule is O=S(=O)(O)c1cc(Nc2nc(Nc3nc4ccccc4s3)cc(Nc3nc4ccccc4s3)n2)ccc1C=Cc1ccc(Nc2nc(Nc3nc4ccccc4s3)cc(Nc3nc4ccccc4s3)n2)cc1S(=O)(=O)O.[NaH].[NaH]. The zero-order valence-electron chi connectivity index (χ0n) is 38.6. The number of para-hydroxylation sites is 4. The molecule has 78 heavy (non-hydrogen) atoms. The van der Waals surface area contributed by atoms with Crippen molar-refractivity contribution in [1.29, 1.82) is 0 Å². The molecule has 0 aliphatic carbocycles. The minimum atomic E-state index is -4.90. The van der Waals surface area contributed by atoms with E-state index in [1.165, 1.54) is 93.9 Å². The number of anilines is 12. The van der Waals surface area contributed by atoms with Crippen LogP contribution in [0.3, 0.4) is 0 Å². The van der Waals surface area contributed by atoms with Crippen LogP contribution in [0.25, 0.3) is 53.0 Å². The zero-order chi connectivity index (χ0) is 52.0. The maximum absolute atomic E-state index is 13.0. The van der Waals surface area contributed by atoms with Gasteiger partial charge in [0.05, 0.1) is 40.9 Å². The summed E-state index contributed by atoms with van der Waals surface area (Å²) in [4.78, 5) is 36.2. The quantitative estimate of drug-likeness (QED) is 0.0253. The number of aromatic nitrogens is 8. The first kappa shape index (κ1) is 54.7. The molecule has 28 heteroatoms. The number of benzene rings is 6. The maximum atomic E-state index is 13.0. The second-order valence-electron chi connectivity index (χ2n) is 16.4. The van der Waals surface area contributed by atoms with Crippen LogP contribution >= 0.6 is 45.3 Å². The molecule has 6 aromatic heterocycles. The second-order valence-corrected chi connectivity index (χ2v) is 23.3. The predicted molar refractivity (Wildman–Crippen MR) is 318 cm³/mol. The Labute approximate surface area is 503 Å². The predicted octanol–water partition coefficient (Wildman–Crippen LogP) is 11.5. The van der Waals surface area contributed by atoms with E-state index in [9.17, 15) is 25.9 Å². The van der Waals surface area contributed by atoms with Crippen molar-refractivity contribution in [2.45, 2.75) is 9.79 Å². The summed E-state index contributed by atoms with van der Waals surface area (Å²) < 4.78 is 76.8. The van der Waals surface area contributed by atoms with Crippen LogP contribution < -0.4 is 31.9 Å². The van der Waals surface area contributed by atoms with E-state index in [4.69, 9.17) is 0 Å². The van der Waals surface area contributed by atoms with E-state index in [1.54, 1.807) is 12.1 Å². The van der Waals surface area contributed by atoms with Gasteiger partial charge in [0.15, 0.2) is 20.5 Å². The molecule has 0 spiro atoms. The topological polar surface area (TPSA) is 284 Å². The van der Waals surface area contributed by atoms with Crippen molar-refractivity contribution in [2.75, 3.05) is 31.9 Å². The van der Waals surface area contributed by atoms with Crippen LogP contribution in [-0.2, 0) is 20.2 Å². The van der Waals surface area contributed by atoms with Crippen LogP contribution in [0.1, 0.15) is 11.1 Å². The standard InChI is InChI=1S/C50H34N14O6S6.2Na.2H/c65-75(66,67)39-23-29(51-45-57-41(61-47-53-31-9-1-5-13-35(31)71-47)25-42(58-45)62-48-54-32-10-2-6-14-36(32)72-48)21-19-27(39)17-18-28-20-22-30(24-40(28)76(68,69)70)52-46-59-43(63-49-55-33-11-3-7-15-37(33)73-49)26-44(60-46)64-50-56-34-12-4-8-16-38(34)74-50;;;;/h1-26H,(H,65,66,67)(H,68,69,70)(H3,51,53,54,57,58,61,62)(H3,52,55,56,59,60,63,64);;;;. The third-order valence-electron chi connectivity index (χ3n) is 11.1. The van der Waals surface area contributed by atoms with Gasteiger partial charge in [-0.25, -0.2) is 19.9 Å². The van der Waals surface area contributed by atoms with Crippen LogP contribution in [0.2, 0.25) is 0 Å². The molecule has 6 heterocycles. The monoisotopic (exact) mass is 1170 g/mol. The Morgan fingerprint density at radius 3 is 0.910 bits per heavy atom. The normalized spacial score (nSPS) is 11.7. The van der Waals surface area contributed by atoms with Crippen LogP contribution in [0, 0.1) is 0 Å². The zero-order valence-corrected chi connectivity index (χ0v) is 43.5. The Morgan fingerprint density at radius 1 is 0.359 bits per heavy atom. The summed E-state index contributed by atoms with van der Waals surface area (Å²) in [5, 5.41) is 21.3. The molecule has 6 aromatic carbocycles. The summed E-state index contributed by atoms with van der Waals surface area (Å²) in [6.07, 6.45) is 2.59. The van der Waals surface area contributed by atoms with Crippen molar-refractivity contribution < 1.29 is 25.9 Å². The molecule has 20 nitrogen and oxygen atoms in total. The first-order valence-corrected chi connectivity index (χ1v) is 28.6. The molecule has 0 atom stereocenters. The number of thiazole rings is 4. The van der Waals surface area contributed by atoms with Gasteiger partial charge in [-0.05, 0) is 83.9 Å². The summed E-state index contributed by atoms with van der Waals surface area (Å²) in [6.45, 7) is 0. The Hall–Kier alpha value is -6.60. The van der Waals surface area contributed by atoms with Crippen molar-refractivity contribution in [3.05, 3.63) is 157 Å². The van der Waals surface area contributed by atoms with E-state index < -0.39 is 30.0 Å². The Bertz CT molecular complexity index is 3900. The molecule has 0 aliphatic rings. The molecule has 0 saturated heterocycles. The summed E-state index contributed by atoms with van der Waals surface area (Å²) in [5.41, 5.74) is 3.55. The van der Waals surface area contributed by atoms with E-state index in [-0.39, 0.29) is 93.5 Å². The number of hydrogen-bond acceptors (Lipinski definition) is 22. The van der Waals surface area contributed by atoms with Gasteiger partial charge in [0.1, 0.15) is 33.1 Å². The number of fused-ring (bicyclic) bond motifs is 4. The molecule has 12 rings (SSSR count). The molecule has 380 valence electrons. The molecule has 0 radical (unpaired) electrons. The van der Waals surface area contributed by atoms with Crippen LogP contribution in [0.5, 0.6) is 0 Å². The number of nitrogens with zero attached hydrogens (tertiary/aromatic N) is 8. The third kappa shape index (κ3) is 12.6. The molecule has 0 unspecified atom stereocenters. The van der Waals surface area contributed by atoms with Gasteiger partial charge in [-0.2, -0.15) is 36.8 Å². The van der Waals surface area contributed by atoms with Crippen molar-refractivity contribution in [1.82, 2.24) is 39.9 Å². The van der Waals surface area contributed by atoms with Crippen molar-refractivity contribution in [3.63, 3.8) is 0 Å². The average Bonchev–Trinajstić information content (AvgIpc) is 4.28. The van der Waals surface area contributed by atoms with E-state index >= 15 is 0 Å². The van der Waals surface area contributed by atoms with Crippen LogP contribution in [0.4, 0.5) is 67.1 Å². The molecule has 8 N–H and O–H groups in total.